The van der Waals surface area contributed by atoms with Crippen LogP contribution in [0.25, 0.3) is 0 Å². The molecule has 2 rings (SSSR count). The third-order valence-electron chi connectivity index (χ3n) is 2.84. The summed E-state index contributed by atoms with van der Waals surface area (Å²) >= 11 is 1.61. The molecular formula is C11H15NO2S. The summed E-state index contributed by atoms with van der Waals surface area (Å²) in [6.07, 6.45) is 1.55. The first-order chi connectivity index (χ1) is 7.20. The number of ketones is 1. The Hall–Kier alpha value is -0.740. The molecule has 0 saturated heterocycles. The van der Waals surface area contributed by atoms with Crippen LogP contribution in [0.4, 0.5) is 0 Å². The molecule has 82 valence electrons. The number of thiazole rings is 1. The molecule has 3 nitrogen and oxygen atoms in total. The average molecular weight is 225 g/mol. The maximum Gasteiger partial charge on any atom is 0.142 e. The number of nitrogens with zero attached hydrogens (tertiary/aromatic N) is 1. The van der Waals surface area contributed by atoms with E-state index in [1.165, 1.54) is 0 Å². The molecule has 1 heterocycles. The number of carbonyl (C=O) groups excluding carboxylic acids is 1. The van der Waals surface area contributed by atoms with Gasteiger partial charge in [-0.3, -0.25) is 4.79 Å². The summed E-state index contributed by atoms with van der Waals surface area (Å²) in [4.78, 5) is 16.2. The fourth-order valence-electron chi connectivity index (χ4n) is 2.16. The molecule has 1 saturated carbocycles. The third-order valence-corrected chi connectivity index (χ3v) is 3.64. The number of carbonyl (C=O) groups is 1. The number of rotatable bonds is 3. The molecule has 15 heavy (non-hydrogen) atoms. The van der Waals surface area contributed by atoms with Gasteiger partial charge in [0.1, 0.15) is 5.78 Å². The first-order valence-corrected chi connectivity index (χ1v) is 6.02. The van der Waals surface area contributed by atoms with Crippen molar-refractivity contribution in [2.45, 2.75) is 25.7 Å². The second kappa shape index (κ2) is 4.41. The summed E-state index contributed by atoms with van der Waals surface area (Å²) in [5.74, 6) is 0.729. The lowest BCUT2D eigenvalue weighted by Gasteiger charge is -2.06. The van der Waals surface area contributed by atoms with Crippen LogP contribution in [0.1, 0.15) is 29.5 Å². The van der Waals surface area contributed by atoms with Gasteiger partial charge in [0.25, 0.3) is 0 Å². The van der Waals surface area contributed by atoms with Crippen LogP contribution in [0.15, 0.2) is 5.38 Å². The van der Waals surface area contributed by atoms with Crippen LogP contribution >= 0.6 is 11.3 Å². The molecule has 1 aromatic rings. The monoisotopic (exact) mass is 225 g/mol. The summed E-state index contributed by atoms with van der Waals surface area (Å²) in [5.41, 5.74) is 0.959. The molecule has 0 aliphatic heterocycles. The van der Waals surface area contributed by atoms with Crippen molar-refractivity contribution < 1.29 is 9.53 Å². The lowest BCUT2D eigenvalue weighted by atomic mass is 10.0. The highest BCUT2D eigenvalue weighted by Gasteiger charge is 2.34. The Kier molecular flexibility index (Phi) is 3.17. The summed E-state index contributed by atoms with van der Waals surface area (Å²) in [6.45, 7) is 2.66. The van der Waals surface area contributed by atoms with Crippen LogP contribution < -0.4 is 0 Å². The Balaban J connectivity index is 2.08. The van der Waals surface area contributed by atoms with E-state index in [-0.39, 0.29) is 5.92 Å². The Labute approximate surface area is 93.5 Å². The summed E-state index contributed by atoms with van der Waals surface area (Å²) in [7, 11) is 1.69. The van der Waals surface area contributed by atoms with E-state index < -0.39 is 0 Å². The van der Waals surface area contributed by atoms with E-state index in [4.69, 9.17) is 4.74 Å². The molecule has 0 radical (unpaired) electrons. The minimum absolute atomic E-state index is 0.0232. The molecule has 1 fully saturated rings. The van der Waals surface area contributed by atoms with Gasteiger partial charge in [0.05, 0.1) is 16.6 Å². The molecule has 0 N–H and O–H groups in total. The van der Waals surface area contributed by atoms with Crippen LogP contribution in [0.5, 0.6) is 0 Å². The maximum absolute atomic E-state index is 11.8. The fraction of sp³-hybridized carbons (Fsp3) is 0.636. The number of Topliss-reactive ketones (excluding diaryl/α,β-unsaturated/α-hetero) is 1. The zero-order valence-electron chi connectivity index (χ0n) is 9.03. The van der Waals surface area contributed by atoms with Gasteiger partial charge < -0.3 is 4.74 Å². The molecule has 1 aliphatic carbocycles. The van der Waals surface area contributed by atoms with Crippen molar-refractivity contribution in [1.82, 2.24) is 4.98 Å². The van der Waals surface area contributed by atoms with E-state index >= 15 is 0 Å². The van der Waals surface area contributed by atoms with Crippen LogP contribution in [-0.4, -0.2) is 24.5 Å². The van der Waals surface area contributed by atoms with Gasteiger partial charge in [-0.1, -0.05) is 0 Å². The quantitative estimate of drug-likeness (QED) is 0.791. The highest BCUT2D eigenvalue weighted by atomic mass is 32.1. The summed E-state index contributed by atoms with van der Waals surface area (Å²) < 4.78 is 5.09. The predicted molar refractivity (Wildman–Crippen MR) is 59.2 cm³/mol. The molecule has 2 atom stereocenters. The standard InChI is InChI=1S/C11H15NO2S/c1-7-12-10(6-15-7)9-3-8(5-14-2)4-11(9)13/h6,8-9H,3-5H2,1-2H3. The van der Waals surface area contributed by atoms with Crippen LogP contribution in [-0.2, 0) is 9.53 Å². The van der Waals surface area contributed by atoms with E-state index in [9.17, 15) is 4.79 Å². The van der Waals surface area contributed by atoms with Crippen molar-refractivity contribution in [1.29, 1.82) is 0 Å². The SMILES string of the molecule is COCC1CC(=O)C(c2csc(C)n2)C1. The summed E-state index contributed by atoms with van der Waals surface area (Å²) in [6, 6.07) is 0. The first kappa shape index (κ1) is 10.8. The first-order valence-electron chi connectivity index (χ1n) is 5.14. The lowest BCUT2D eigenvalue weighted by molar-refractivity contribution is -0.119. The van der Waals surface area contributed by atoms with Gasteiger partial charge in [-0.25, -0.2) is 4.98 Å². The number of methoxy groups -OCH3 is 1. The zero-order valence-corrected chi connectivity index (χ0v) is 9.84. The second-order valence-electron chi connectivity index (χ2n) is 4.07. The van der Waals surface area contributed by atoms with Crippen molar-refractivity contribution in [2.24, 2.45) is 5.92 Å². The minimum Gasteiger partial charge on any atom is -0.384 e. The Morgan fingerprint density at radius 1 is 1.67 bits per heavy atom. The van der Waals surface area contributed by atoms with E-state index in [0.29, 0.717) is 24.7 Å². The zero-order chi connectivity index (χ0) is 10.8. The molecule has 0 amide bonds. The van der Waals surface area contributed by atoms with Gasteiger partial charge in [-0.05, 0) is 19.3 Å². The minimum atomic E-state index is 0.0232. The van der Waals surface area contributed by atoms with Crippen molar-refractivity contribution in [3.05, 3.63) is 16.1 Å². The molecule has 1 aromatic heterocycles. The van der Waals surface area contributed by atoms with Gasteiger partial charge >= 0.3 is 0 Å². The summed E-state index contributed by atoms with van der Waals surface area (Å²) in [5, 5.41) is 3.04. The van der Waals surface area contributed by atoms with E-state index in [1.54, 1.807) is 18.4 Å². The normalized spacial score (nSPS) is 26.1. The van der Waals surface area contributed by atoms with Crippen LogP contribution in [0, 0.1) is 12.8 Å². The van der Waals surface area contributed by atoms with E-state index in [1.807, 2.05) is 12.3 Å². The number of hydrogen-bond acceptors (Lipinski definition) is 4. The maximum atomic E-state index is 11.8. The Morgan fingerprint density at radius 3 is 3.07 bits per heavy atom. The molecule has 0 aromatic carbocycles. The van der Waals surface area contributed by atoms with Gasteiger partial charge in [0.15, 0.2) is 0 Å². The highest BCUT2D eigenvalue weighted by Crippen LogP contribution is 2.35. The molecule has 0 bridgehead atoms. The van der Waals surface area contributed by atoms with Gasteiger partial charge in [-0.15, -0.1) is 11.3 Å². The molecule has 2 unspecified atom stereocenters. The Morgan fingerprint density at radius 2 is 2.47 bits per heavy atom. The van der Waals surface area contributed by atoms with Gasteiger partial charge in [0, 0.05) is 25.5 Å². The Bertz CT molecular complexity index is 361. The third kappa shape index (κ3) is 2.26. The lowest BCUT2D eigenvalue weighted by Crippen LogP contribution is -2.04. The second-order valence-corrected chi connectivity index (χ2v) is 5.13. The number of aryl methyl sites for hydroxylation is 1. The van der Waals surface area contributed by atoms with Crippen LogP contribution in [0.3, 0.4) is 0 Å². The largest absolute Gasteiger partial charge is 0.384 e. The van der Waals surface area contributed by atoms with E-state index in [0.717, 1.165) is 17.1 Å². The van der Waals surface area contributed by atoms with Crippen LogP contribution in [0.2, 0.25) is 0 Å². The van der Waals surface area contributed by atoms with Crippen molar-refractivity contribution in [2.75, 3.05) is 13.7 Å². The van der Waals surface area contributed by atoms with Gasteiger partial charge in [-0.2, -0.15) is 0 Å². The number of ether oxygens (including phenoxy) is 1. The number of aromatic nitrogens is 1. The molecular weight excluding hydrogens is 210 g/mol. The van der Waals surface area contributed by atoms with Crippen molar-refractivity contribution >= 4 is 17.1 Å². The van der Waals surface area contributed by atoms with Crippen molar-refractivity contribution in [3.8, 4) is 0 Å². The predicted octanol–water partition coefficient (Wildman–Crippen LogP) is 2.16. The molecule has 4 heteroatoms. The number of hydrogen-bond donors (Lipinski definition) is 0. The van der Waals surface area contributed by atoms with E-state index in [2.05, 4.69) is 4.98 Å². The van der Waals surface area contributed by atoms with Gasteiger partial charge in [0.2, 0.25) is 0 Å². The average Bonchev–Trinajstić information content (AvgIpc) is 2.73. The molecule has 0 spiro atoms. The highest BCUT2D eigenvalue weighted by molar-refractivity contribution is 7.09. The van der Waals surface area contributed by atoms with Crippen molar-refractivity contribution in [3.63, 3.8) is 0 Å². The topological polar surface area (TPSA) is 39.2 Å². The smallest absolute Gasteiger partial charge is 0.142 e. The fourth-order valence-corrected chi connectivity index (χ4v) is 2.83. The molecule has 1 aliphatic rings.